The number of nitrogens with zero attached hydrogens (tertiary/aromatic N) is 3. The molecule has 0 saturated heterocycles. The van der Waals surface area contributed by atoms with Crippen molar-refractivity contribution in [3.8, 4) is 11.1 Å². The molecule has 0 amide bonds. The summed E-state index contributed by atoms with van der Waals surface area (Å²) in [5.41, 5.74) is 2.65. The first-order chi connectivity index (χ1) is 13.2. The Kier molecular flexibility index (Phi) is 5.41. The highest BCUT2D eigenvalue weighted by molar-refractivity contribution is 6.05. The average molecular weight is 363 g/mol. The fraction of sp³-hybridized carbons (Fsp3) is 0.100. The van der Waals surface area contributed by atoms with E-state index in [1.807, 2.05) is 24.3 Å². The minimum atomic E-state index is -0.646. The number of allylic oxidation sites excluding steroid dienone is 2. The zero-order valence-electron chi connectivity index (χ0n) is 14.8. The monoisotopic (exact) mass is 363 g/mol. The second kappa shape index (κ2) is 8.09. The average Bonchev–Trinajstić information content (AvgIpc) is 2.96. The van der Waals surface area contributed by atoms with Gasteiger partial charge in [-0.05, 0) is 29.8 Å². The van der Waals surface area contributed by atoms with E-state index in [2.05, 4.69) is 9.97 Å². The summed E-state index contributed by atoms with van der Waals surface area (Å²) in [5, 5.41) is 0. The van der Waals surface area contributed by atoms with Crippen molar-refractivity contribution < 1.29 is 19.1 Å². The van der Waals surface area contributed by atoms with Gasteiger partial charge in [-0.2, -0.15) is 0 Å². The zero-order chi connectivity index (χ0) is 19.2. The van der Waals surface area contributed by atoms with Crippen LogP contribution in [0, 0.1) is 0 Å². The van der Waals surface area contributed by atoms with E-state index in [9.17, 15) is 9.59 Å². The fourth-order valence-electron chi connectivity index (χ4n) is 2.63. The summed E-state index contributed by atoms with van der Waals surface area (Å²) >= 11 is 0. The van der Waals surface area contributed by atoms with Crippen LogP contribution in [0.25, 0.3) is 11.1 Å². The molecule has 2 aromatic rings. The lowest BCUT2D eigenvalue weighted by atomic mass is 10.1. The summed E-state index contributed by atoms with van der Waals surface area (Å²) < 4.78 is 9.69. The number of methoxy groups -OCH3 is 2. The first-order valence-corrected chi connectivity index (χ1v) is 8.06. The number of anilines is 1. The first-order valence-electron chi connectivity index (χ1n) is 8.06. The van der Waals surface area contributed by atoms with Crippen LogP contribution in [0.5, 0.6) is 0 Å². The highest BCUT2D eigenvalue weighted by Gasteiger charge is 2.27. The van der Waals surface area contributed by atoms with Gasteiger partial charge in [-0.15, -0.1) is 0 Å². The second-order valence-electron chi connectivity index (χ2n) is 5.49. The molecule has 0 unspecified atom stereocenters. The van der Waals surface area contributed by atoms with Crippen LogP contribution in [-0.2, 0) is 19.1 Å². The van der Waals surface area contributed by atoms with Gasteiger partial charge in [0.1, 0.15) is 12.0 Å². The highest BCUT2D eigenvalue weighted by Crippen LogP contribution is 2.28. The largest absolute Gasteiger partial charge is 0.465 e. The Morgan fingerprint density at radius 2 is 1.56 bits per heavy atom. The van der Waals surface area contributed by atoms with E-state index < -0.39 is 11.9 Å². The van der Waals surface area contributed by atoms with Gasteiger partial charge in [-0.1, -0.05) is 18.2 Å². The number of hydrogen-bond acceptors (Lipinski definition) is 7. The third-order valence-corrected chi connectivity index (χ3v) is 3.93. The van der Waals surface area contributed by atoms with Gasteiger partial charge in [0.05, 0.1) is 19.8 Å². The maximum Gasteiger partial charge on any atom is 0.355 e. The molecule has 2 heterocycles. The number of esters is 2. The van der Waals surface area contributed by atoms with Crippen LogP contribution in [0.15, 0.2) is 78.7 Å². The molecule has 0 spiro atoms. The Morgan fingerprint density at radius 1 is 0.889 bits per heavy atom. The van der Waals surface area contributed by atoms with Gasteiger partial charge in [0, 0.05) is 29.8 Å². The van der Waals surface area contributed by atoms with Crippen LogP contribution >= 0.6 is 0 Å². The van der Waals surface area contributed by atoms with Crippen LogP contribution < -0.4 is 4.90 Å². The smallest absolute Gasteiger partial charge is 0.355 e. The molecule has 1 aliphatic heterocycles. The molecular formula is C20H17N3O4. The molecule has 1 aromatic heterocycles. The van der Waals surface area contributed by atoms with Crippen LogP contribution in [0.2, 0.25) is 0 Å². The minimum Gasteiger partial charge on any atom is -0.465 e. The summed E-state index contributed by atoms with van der Waals surface area (Å²) in [6, 6.07) is 7.42. The zero-order valence-corrected chi connectivity index (χ0v) is 14.8. The van der Waals surface area contributed by atoms with Gasteiger partial charge >= 0.3 is 11.9 Å². The van der Waals surface area contributed by atoms with Gasteiger partial charge < -0.3 is 14.4 Å². The summed E-state index contributed by atoms with van der Waals surface area (Å²) in [5.74, 6) is -1.27. The highest BCUT2D eigenvalue weighted by atomic mass is 16.5. The topological polar surface area (TPSA) is 81.6 Å². The molecule has 3 rings (SSSR count). The lowest BCUT2D eigenvalue weighted by molar-refractivity contribution is -0.139. The fourth-order valence-corrected chi connectivity index (χ4v) is 2.63. The van der Waals surface area contributed by atoms with Gasteiger partial charge in [-0.3, -0.25) is 0 Å². The van der Waals surface area contributed by atoms with E-state index in [1.54, 1.807) is 35.6 Å². The number of ether oxygens (including phenoxy) is 2. The summed E-state index contributed by atoms with van der Waals surface area (Å²) in [4.78, 5) is 34.2. The summed E-state index contributed by atoms with van der Waals surface area (Å²) in [6.45, 7) is 0. The first kappa shape index (κ1) is 18.1. The second-order valence-corrected chi connectivity index (χ2v) is 5.49. The lowest BCUT2D eigenvalue weighted by Gasteiger charge is -2.23. The number of carbonyl (C=O) groups excluding carboxylic acids is 2. The van der Waals surface area contributed by atoms with E-state index in [0.29, 0.717) is 5.69 Å². The van der Waals surface area contributed by atoms with E-state index in [4.69, 9.17) is 9.47 Å². The molecule has 27 heavy (non-hydrogen) atoms. The Hall–Kier alpha value is -3.74. The SMILES string of the molecule is COC(=O)C1=C(C(=O)OC)N(c2ccc(-c3cncnc3)cc2)C=CC=C1. The number of aromatic nitrogens is 2. The molecule has 1 aromatic carbocycles. The Balaban J connectivity index is 2.05. The van der Waals surface area contributed by atoms with Crippen molar-refractivity contribution in [3.63, 3.8) is 0 Å². The standard InChI is InChI=1S/C20H17N3O4/c1-26-19(24)17-5-3-4-10-23(18(17)20(25)27-2)16-8-6-14(7-9-16)15-11-21-13-22-12-15/h3-13H,1-2H3. The molecule has 0 saturated carbocycles. The van der Waals surface area contributed by atoms with Gasteiger partial charge in [0.25, 0.3) is 0 Å². The van der Waals surface area contributed by atoms with Crippen LogP contribution in [-0.4, -0.2) is 36.1 Å². The van der Waals surface area contributed by atoms with Gasteiger partial charge in [0.15, 0.2) is 0 Å². The molecule has 0 fully saturated rings. The summed E-state index contributed by atoms with van der Waals surface area (Å²) in [7, 11) is 2.52. The molecule has 0 N–H and O–H groups in total. The van der Waals surface area contributed by atoms with Crippen molar-refractivity contribution in [3.05, 3.63) is 78.7 Å². The number of benzene rings is 1. The van der Waals surface area contributed by atoms with E-state index in [1.165, 1.54) is 26.6 Å². The Labute approximate surface area is 156 Å². The molecule has 7 nitrogen and oxygen atoms in total. The molecule has 1 aliphatic rings. The number of carbonyl (C=O) groups is 2. The number of rotatable bonds is 4. The number of hydrogen-bond donors (Lipinski definition) is 0. The molecular weight excluding hydrogens is 346 g/mol. The predicted molar refractivity (Wildman–Crippen MR) is 99.3 cm³/mol. The van der Waals surface area contributed by atoms with Crippen molar-refractivity contribution in [2.45, 2.75) is 0 Å². The minimum absolute atomic E-state index is 0.0742. The van der Waals surface area contributed by atoms with Crippen molar-refractivity contribution in [1.29, 1.82) is 0 Å². The van der Waals surface area contributed by atoms with Crippen molar-refractivity contribution in [1.82, 2.24) is 9.97 Å². The van der Waals surface area contributed by atoms with Crippen molar-refractivity contribution >= 4 is 17.6 Å². The maximum absolute atomic E-state index is 12.4. The third-order valence-electron chi connectivity index (χ3n) is 3.93. The lowest BCUT2D eigenvalue weighted by Crippen LogP contribution is -2.26. The molecule has 0 atom stereocenters. The predicted octanol–water partition coefficient (Wildman–Crippen LogP) is 2.63. The molecule has 0 aliphatic carbocycles. The van der Waals surface area contributed by atoms with E-state index >= 15 is 0 Å². The molecule has 0 radical (unpaired) electrons. The van der Waals surface area contributed by atoms with Crippen molar-refractivity contribution in [2.75, 3.05) is 19.1 Å². The van der Waals surface area contributed by atoms with E-state index in [-0.39, 0.29) is 11.3 Å². The molecule has 136 valence electrons. The van der Waals surface area contributed by atoms with Crippen LogP contribution in [0.1, 0.15) is 0 Å². The Bertz CT molecular complexity index is 931. The summed E-state index contributed by atoms with van der Waals surface area (Å²) in [6.07, 6.45) is 11.5. The van der Waals surface area contributed by atoms with E-state index in [0.717, 1.165) is 11.1 Å². The molecule has 7 heteroatoms. The third kappa shape index (κ3) is 3.77. The van der Waals surface area contributed by atoms with Crippen molar-refractivity contribution in [2.24, 2.45) is 0 Å². The normalized spacial score (nSPS) is 13.3. The van der Waals surface area contributed by atoms with Crippen LogP contribution in [0.3, 0.4) is 0 Å². The van der Waals surface area contributed by atoms with Gasteiger partial charge in [0.2, 0.25) is 0 Å². The van der Waals surface area contributed by atoms with Gasteiger partial charge in [-0.25, -0.2) is 19.6 Å². The Morgan fingerprint density at radius 3 is 2.19 bits per heavy atom. The maximum atomic E-state index is 12.4. The molecule has 0 bridgehead atoms. The quantitative estimate of drug-likeness (QED) is 0.772. The van der Waals surface area contributed by atoms with Crippen LogP contribution in [0.4, 0.5) is 5.69 Å².